The van der Waals surface area contributed by atoms with Gasteiger partial charge in [-0.15, -0.1) is 0 Å². The third-order valence-corrected chi connectivity index (χ3v) is 4.10. The molecule has 4 rings (SSSR count). The van der Waals surface area contributed by atoms with Gasteiger partial charge in [-0.05, 0) is 24.6 Å². The van der Waals surface area contributed by atoms with Crippen LogP contribution in [0.25, 0.3) is 16.9 Å². The molecule has 4 aromatic heterocycles. The van der Waals surface area contributed by atoms with E-state index in [0.717, 1.165) is 16.8 Å². The Bertz CT molecular complexity index is 1060. The highest BCUT2D eigenvalue weighted by atomic mass is 35.5. The monoisotopic (exact) mass is 340 g/mol. The van der Waals surface area contributed by atoms with Crippen molar-refractivity contribution in [3.8, 4) is 11.3 Å². The van der Waals surface area contributed by atoms with Gasteiger partial charge in [0, 0.05) is 29.6 Å². The number of hydrogen-bond acceptors (Lipinski definition) is 4. The van der Waals surface area contributed by atoms with Crippen molar-refractivity contribution in [2.45, 2.75) is 13.5 Å². The molecule has 0 fully saturated rings. The molecule has 24 heavy (non-hydrogen) atoms. The number of halogens is 1. The van der Waals surface area contributed by atoms with E-state index in [1.807, 2.05) is 29.7 Å². The van der Waals surface area contributed by atoms with E-state index in [2.05, 4.69) is 10.1 Å². The van der Waals surface area contributed by atoms with E-state index in [-0.39, 0.29) is 5.56 Å². The number of fused-ring (bicyclic) bond motifs is 1. The largest absolute Gasteiger partial charge is 0.472 e. The lowest BCUT2D eigenvalue weighted by atomic mass is 10.2. The maximum Gasteiger partial charge on any atom is 0.274 e. The fraction of sp³-hybridized carbons (Fsp3) is 0.118. The molecule has 0 aliphatic heterocycles. The molecule has 0 bridgehead atoms. The van der Waals surface area contributed by atoms with Crippen LogP contribution in [0.5, 0.6) is 0 Å². The predicted molar refractivity (Wildman–Crippen MR) is 90.2 cm³/mol. The van der Waals surface area contributed by atoms with Crippen molar-refractivity contribution in [2.24, 2.45) is 0 Å². The van der Waals surface area contributed by atoms with E-state index in [9.17, 15) is 4.79 Å². The van der Waals surface area contributed by atoms with E-state index in [1.165, 1.54) is 4.52 Å². The molecule has 0 saturated carbocycles. The van der Waals surface area contributed by atoms with Crippen LogP contribution in [0.1, 0.15) is 11.3 Å². The number of rotatable bonds is 3. The van der Waals surface area contributed by atoms with Crippen LogP contribution in [0, 0.1) is 6.92 Å². The van der Waals surface area contributed by atoms with E-state index in [4.69, 9.17) is 16.0 Å². The Morgan fingerprint density at radius 1 is 1.25 bits per heavy atom. The zero-order valence-corrected chi connectivity index (χ0v) is 13.6. The zero-order valence-electron chi connectivity index (χ0n) is 12.8. The van der Waals surface area contributed by atoms with Crippen LogP contribution in [0.4, 0.5) is 0 Å². The second-order valence-electron chi connectivity index (χ2n) is 5.51. The zero-order chi connectivity index (χ0) is 16.7. The molecule has 0 amide bonds. The lowest BCUT2D eigenvalue weighted by Crippen LogP contribution is -2.20. The van der Waals surface area contributed by atoms with Gasteiger partial charge < -0.3 is 8.98 Å². The lowest BCUT2D eigenvalue weighted by Gasteiger charge is -2.12. The number of aryl methyl sites for hydroxylation is 1. The number of aromatic nitrogens is 4. The summed E-state index contributed by atoms with van der Waals surface area (Å²) in [4.78, 5) is 16.4. The Balaban J connectivity index is 1.87. The smallest absolute Gasteiger partial charge is 0.274 e. The number of hydrogen-bond donors (Lipinski definition) is 0. The molecule has 0 N–H and O–H groups in total. The van der Waals surface area contributed by atoms with E-state index < -0.39 is 0 Å². The van der Waals surface area contributed by atoms with Crippen LogP contribution in [0.3, 0.4) is 0 Å². The SMILES string of the molecule is Cc1cc(=O)n2nc(-c3ccoc3)cc2n1Cc1ccc(Cl)nc1. The first-order chi connectivity index (χ1) is 11.6. The Kier molecular flexibility index (Phi) is 3.46. The van der Waals surface area contributed by atoms with Crippen LogP contribution in [0.15, 0.2) is 58.3 Å². The van der Waals surface area contributed by atoms with E-state index >= 15 is 0 Å². The standard InChI is InChI=1S/C17H13ClN4O2/c1-11-6-17(23)22-16(7-14(20-22)13-4-5-24-10-13)21(11)9-12-2-3-15(18)19-8-12/h2-8,10H,9H2,1H3. The number of nitrogens with zero attached hydrogens (tertiary/aromatic N) is 4. The maximum atomic E-state index is 12.3. The molecule has 6 nitrogen and oxygen atoms in total. The molecule has 0 atom stereocenters. The highest BCUT2D eigenvalue weighted by Crippen LogP contribution is 2.20. The van der Waals surface area contributed by atoms with Gasteiger partial charge in [-0.1, -0.05) is 17.7 Å². The summed E-state index contributed by atoms with van der Waals surface area (Å²) in [6, 6.07) is 8.92. The number of furan rings is 1. The molecular weight excluding hydrogens is 328 g/mol. The van der Waals surface area contributed by atoms with Crippen LogP contribution < -0.4 is 5.56 Å². The Hall–Kier alpha value is -2.86. The quantitative estimate of drug-likeness (QED) is 0.537. The molecule has 0 aliphatic carbocycles. The maximum absolute atomic E-state index is 12.3. The fourth-order valence-electron chi connectivity index (χ4n) is 2.66. The highest BCUT2D eigenvalue weighted by molar-refractivity contribution is 6.29. The molecule has 0 saturated heterocycles. The van der Waals surface area contributed by atoms with Gasteiger partial charge in [0.25, 0.3) is 5.56 Å². The summed E-state index contributed by atoms with van der Waals surface area (Å²) in [6.45, 7) is 2.46. The Labute approximate surface area is 141 Å². The predicted octanol–water partition coefficient (Wildman–Crippen LogP) is 3.16. The number of pyridine rings is 1. The van der Waals surface area contributed by atoms with Crippen molar-refractivity contribution < 1.29 is 4.42 Å². The molecule has 0 aliphatic rings. The molecule has 0 aromatic carbocycles. The normalized spacial score (nSPS) is 11.2. The fourth-order valence-corrected chi connectivity index (χ4v) is 2.78. The van der Waals surface area contributed by atoms with Gasteiger partial charge >= 0.3 is 0 Å². The highest BCUT2D eigenvalue weighted by Gasteiger charge is 2.12. The summed E-state index contributed by atoms with van der Waals surface area (Å²) >= 11 is 5.84. The third-order valence-electron chi connectivity index (χ3n) is 3.88. The van der Waals surface area contributed by atoms with Crippen molar-refractivity contribution >= 4 is 17.2 Å². The summed E-state index contributed by atoms with van der Waals surface area (Å²) in [5, 5.41) is 4.85. The summed E-state index contributed by atoms with van der Waals surface area (Å²) in [5.74, 6) is 0. The van der Waals surface area contributed by atoms with Gasteiger partial charge in [-0.2, -0.15) is 9.61 Å². The molecule has 120 valence electrons. The van der Waals surface area contributed by atoms with Crippen LogP contribution in [0.2, 0.25) is 5.15 Å². The van der Waals surface area contributed by atoms with E-state index in [0.29, 0.717) is 23.0 Å². The van der Waals surface area contributed by atoms with Gasteiger partial charge in [0.2, 0.25) is 0 Å². The van der Waals surface area contributed by atoms with Gasteiger partial charge in [0.05, 0.1) is 24.8 Å². The molecule has 7 heteroatoms. The van der Waals surface area contributed by atoms with Crippen molar-refractivity contribution in [3.05, 3.63) is 75.8 Å². The summed E-state index contributed by atoms with van der Waals surface area (Å²) in [6.07, 6.45) is 4.91. The molecule has 0 unspecified atom stereocenters. The van der Waals surface area contributed by atoms with Gasteiger partial charge in [0.15, 0.2) is 0 Å². The van der Waals surface area contributed by atoms with Crippen molar-refractivity contribution in [3.63, 3.8) is 0 Å². The van der Waals surface area contributed by atoms with Gasteiger partial charge in [-0.3, -0.25) is 4.79 Å². The van der Waals surface area contributed by atoms with Crippen LogP contribution in [-0.2, 0) is 6.54 Å². The van der Waals surface area contributed by atoms with Crippen molar-refractivity contribution in [2.75, 3.05) is 0 Å². The average Bonchev–Trinajstić information content (AvgIpc) is 3.22. The van der Waals surface area contributed by atoms with Gasteiger partial charge in [0.1, 0.15) is 10.8 Å². The van der Waals surface area contributed by atoms with Crippen molar-refractivity contribution in [1.82, 2.24) is 19.2 Å². The lowest BCUT2D eigenvalue weighted by molar-refractivity contribution is 0.568. The first kappa shape index (κ1) is 14.7. The van der Waals surface area contributed by atoms with Crippen molar-refractivity contribution in [1.29, 1.82) is 0 Å². The first-order valence-electron chi connectivity index (χ1n) is 7.35. The molecular formula is C17H13ClN4O2. The molecule has 4 aromatic rings. The summed E-state index contributed by atoms with van der Waals surface area (Å²) in [5.41, 5.74) is 3.90. The molecule has 4 heterocycles. The minimum Gasteiger partial charge on any atom is -0.472 e. The topological polar surface area (TPSA) is 65.3 Å². The minimum atomic E-state index is -0.164. The third kappa shape index (κ3) is 2.51. The Morgan fingerprint density at radius 2 is 2.12 bits per heavy atom. The summed E-state index contributed by atoms with van der Waals surface area (Å²) < 4.78 is 8.52. The molecule has 0 radical (unpaired) electrons. The van der Waals surface area contributed by atoms with Gasteiger partial charge in [-0.25, -0.2) is 4.98 Å². The average molecular weight is 341 g/mol. The van der Waals surface area contributed by atoms with Crippen LogP contribution in [-0.4, -0.2) is 19.2 Å². The summed E-state index contributed by atoms with van der Waals surface area (Å²) in [7, 11) is 0. The Morgan fingerprint density at radius 3 is 2.83 bits per heavy atom. The first-order valence-corrected chi connectivity index (χ1v) is 7.73. The second-order valence-corrected chi connectivity index (χ2v) is 5.90. The van der Waals surface area contributed by atoms with Crippen LogP contribution >= 0.6 is 11.6 Å². The minimum absolute atomic E-state index is 0.164. The second kappa shape index (κ2) is 5.65. The molecule has 0 spiro atoms. The van der Waals surface area contributed by atoms with E-state index in [1.54, 1.807) is 30.9 Å².